The summed E-state index contributed by atoms with van der Waals surface area (Å²) in [4.78, 5) is 24.3. The highest BCUT2D eigenvalue weighted by atomic mass is 16.6. The smallest absolute Gasteiger partial charge is 0.338 e. The number of amides is 1. The summed E-state index contributed by atoms with van der Waals surface area (Å²) >= 11 is 0. The molecule has 0 radical (unpaired) electrons. The molecule has 0 heterocycles. The summed E-state index contributed by atoms with van der Waals surface area (Å²) in [6, 6.07) is 7.53. The maximum absolute atomic E-state index is 12.5. The predicted molar refractivity (Wildman–Crippen MR) is 97.4 cm³/mol. The molecule has 0 aliphatic heterocycles. The molecule has 8 heteroatoms. The molecule has 2 N–H and O–H groups in total. The molecule has 1 aromatic carbocycles. The molecule has 0 saturated heterocycles. The molecule has 8 nitrogen and oxygen atoms in total. The summed E-state index contributed by atoms with van der Waals surface area (Å²) < 4.78 is 15.9. The van der Waals surface area contributed by atoms with Gasteiger partial charge in [-0.2, -0.15) is 5.26 Å². The summed E-state index contributed by atoms with van der Waals surface area (Å²) in [5, 5.41) is 21.3. The lowest BCUT2D eigenvalue weighted by Gasteiger charge is -2.31. The molecular formula is C19H26N2O6. The normalized spacial score (nSPS) is 14.0. The molecule has 1 aromatic rings. The number of nitriles is 1. The lowest BCUT2D eigenvalue weighted by atomic mass is 9.95. The third-order valence-corrected chi connectivity index (χ3v) is 4.03. The molecule has 0 bridgehead atoms. The fraction of sp³-hybridized carbons (Fsp3) is 0.526. The van der Waals surface area contributed by atoms with Crippen LogP contribution in [0.15, 0.2) is 24.3 Å². The lowest BCUT2D eigenvalue weighted by Crippen LogP contribution is -2.52. The largest absolute Gasteiger partial charge is 0.479 e. The van der Waals surface area contributed by atoms with E-state index in [1.807, 2.05) is 6.07 Å². The second-order valence-electron chi connectivity index (χ2n) is 5.86. The van der Waals surface area contributed by atoms with Crippen molar-refractivity contribution in [2.75, 3.05) is 33.5 Å². The number of rotatable bonds is 12. The van der Waals surface area contributed by atoms with Gasteiger partial charge in [-0.3, -0.25) is 4.79 Å². The van der Waals surface area contributed by atoms with E-state index in [9.17, 15) is 14.7 Å². The number of hydrogen-bond donors (Lipinski definition) is 2. The number of carbonyl (C=O) groups is 2. The van der Waals surface area contributed by atoms with Crippen LogP contribution in [0.5, 0.6) is 0 Å². The number of hydrogen-bond acceptors (Lipinski definition) is 6. The number of nitrogens with zero attached hydrogens (tertiary/aromatic N) is 1. The van der Waals surface area contributed by atoms with E-state index in [2.05, 4.69) is 5.32 Å². The summed E-state index contributed by atoms with van der Waals surface area (Å²) in [6.45, 7) is 4.30. The number of carbonyl (C=O) groups excluding carboxylic acids is 1. The van der Waals surface area contributed by atoms with Crippen LogP contribution in [-0.4, -0.2) is 62.2 Å². The van der Waals surface area contributed by atoms with Gasteiger partial charge in [-0.1, -0.05) is 0 Å². The SMILES string of the molecule is CCOC[C@H](C[C@](COCC)(OC)C(=O)O)NC(=O)c1ccc(C#N)cc1. The van der Waals surface area contributed by atoms with E-state index in [-0.39, 0.29) is 19.6 Å². The van der Waals surface area contributed by atoms with Crippen LogP contribution in [0.2, 0.25) is 0 Å². The van der Waals surface area contributed by atoms with Crippen molar-refractivity contribution in [3.05, 3.63) is 35.4 Å². The molecule has 148 valence electrons. The molecule has 2 atom stereocenters. The van der Waals surface area contributed by atoms with E-state index >= 15 is 0 Å². The number of carboxylic acids is 1. The minimum absolute atomic E-state index is 0.0269. The molecule has 0 unspecified atom stereocenters. The minimum Gasteiger partial charge on any atom is -0.479 e. The first-order chi connectivity index (χ1) is 12.9. The van der Waals surface area contributed by atoms with E-state index in [0.717, 1.165) is 0 Å². The molecule has 0 fully saturated rings. The maximum Gasteiger partial charge on any atom is 0.338 e. The van der Waals surface area contributed by atoms with Gasteiger partial charge in [0, 0.05) is 32.3 Å². The second-order valence-corrected chi connectivity index (χ2v) is 5.86. The van der Waals surface area contributed by atoms with Crippen LogP contribution in [-0.2, 0) is 19.0 Å². The number of aliphatic carboxylic acids is 1. The first-order valence-electron chi connectivity index (χ1n) is 8.67. The Kier molecular flexibility index (Phi) is 9.44. The molecular weight excluding hydrogens is 352 g/mol. The Bertz CT molecular complexity index is 655. The van der Waals surface area contributed by atoms with Gasteiger partial charge in [0.2, 0.25) is 0 Å². The van der Waals surface area contributed by atoms with Gasteiger partial charge < -0.3 is 24.6 Å². The van der Waals surface area contributed by atoms with Gasteiger partial charge in [-0.15, -0.1) is 0 Å². The summed E-state index contributed by atoms with van der Waals surface area (Å²) in [6.07, 6.45) is -0.0269. The predicted octanol–water partition coefficient (Wildman–Crippen LogP) is 1.59. The van der Waals surface area contributed by atoms with Crippen molar-refractivity contribution in [3.8, 4) is 6.07 Å². The third-order valence-electron chi connectivity index (χ3n) is 4.03. The molecule has 1 amide bonds. The van der Waals surface area contributed by atoms with Crippen molar-refractivity contribution in [2.45, 2.75) is 31.9 Å². The van der Waals surface area contributed by atoms with Gasteiger partial charge >= 0.3 is 5.97 Å². The second kappa shape index (κ2) is 11.3. The Labute approximate surface area is 159 Å². The Balaban J connectivity index is 2.96. The van der Waals surface area contributed by atoms with Crippen molar-refractivity contribution in [1.82, 2.24) is 5.32 Å². The van der Waals surface area contributed by atoms with E-state index < -0.39 is 23.5 Å². The van der Waals surface area contributed by atoms with Gasteiger partial charge in [0.1, 0.15) is 0 Å². The fourth-order valence-electron chi connectivity index (χ4n) is 2.48. The van der Waals surface area contributed by atoms with Crippen LogP contribution >= 0.6 is 0 Å². The van der Waals surface area contributed by atoms with Gasteiger partial charge in [0.25, 0.3) is 5.91 Å². The molecule has 0 aromatic heterocycles. The zero-order valence-electron chi connectivity index (χ0n) is 15.9. The van der Waals surface area contributed by atoms with E-state index in [0.29, 0.717) is 24.3 Å². The quantitative estimate of drug-likeness (QED) is 0.567. The third kappa shape index (κ3) is 6.64. The van der Waals surface area contributed by atoms with Crippen LogP contribution in [0.3, 0.4) is 0 Å². The molecule has 1 rings (SSSR count). The monoisotopic (exact) mass is 378 g/mol. The van der Waals surface area contributed by atoms with E-state index in [1.165, 1.54) is 31.4 Å². The van der Waals surface area contributed by atoms with Crippen LogP contribution in [0.25, 0.3) is 0 Å². The van der Waals surface area contributed by atoms with Crippen molar-refractivity contribution < 1.29 is 28.9 Å². The number of benzene rings is 1. The van der Waals surface area contributed by atoms with Crippen LogP contribution in [0.1, 0.15) is 36.2 Å². The number of nitrogens with one attached hydrogen (secondary N) is 1. The fourth-order valence-corrected chi connectivity index (χ4v) is 2.48. The molecule has 0 aliphatic rings. The van der Waals surface area contributed by atoms with Gasteiger partial charge in [0.15, 0.2) is 5.60 Å². The zero-order valence-corrected chi connectivity index (χ0v) is 15.9. The van der Waals surface area contributed by atoms with Crippen LogP contribution in [0.4, 0.5) is 0 Å². The first-order valence-corrected chi connectivity index (χ1v) is 8.67. The Morgan fingerprint density at radius 3 is 2.33 bits per heavy atom. The summed E-state index contributed by atoms with van der Waals surface area (Å²) in [7, 11) is 1.30. The Morgan fingerprint density at radius 2 is 1.85 bits per heavy atom. The number of methoxy groups -OCH3 is 1. The average Bonchev–Trinajstić information content (AvgIpc) is 2.68. The van der Waals surface area contributed by atoms with Gasteiger partial charge in [-0.05, 0) is 38.1 Å². The number of carboxylic acid groups (broad SMARTS) is 1. The maximum atomic E-state index is 12.5. The van der Waals surface area contributed by atoms with E-state index in [4.69, 9.17) is 19.5 Å². The zero-order chi connectivity index (χ0) is 20.3. The van der Waals surface area contributed by atoms with Gasteiger partial charge in [0.05, 0.1) is 30.9 Å². The van der Waals surface area contributed by atoms with Crippen molar-refractivity contribution in [1.29, 1.82) is 5.26 Å². The van der Waals surface area contributed by atoms with Crippen molar-refractivity contribution in [2.24, 2.45) is 0 Å². The van der Waals surface area contributed by atoms with Gasteiger partial charge in [-0.25, -0.2) is 4.79 Å². The molecule has 0 saturated carbocycles. The Hall–Kier alpha value is -2.47. The highest BCUT2D eigenvalue weighted by Crippen LogP contribution is 2.20. The average molecular weight is 378 g/mol. The van der Waals surface area contributed by atoms with E-state index in [1.54, 1.807) is 13.8 Å². The first kappa shape index (κ1) is 22.6. The minimum atomic E-state index is -1.60. The van der Waals surface area contributed by atoms with Crippen LogP contribution in [0, 0.1) is 11.3 Å². The molecule has 27 heavy (non-hydrogen) atoms. The lowest BCUT2D eigenvalue weighted by molar-refractivity contribution is -0.172. The van der Waals surface area contributed by atoms with Crippen molar-refractivity contribution >= 4 is 11.9 Å². The topological polar surface area (TPSA) is 118 Å². The highest BCUT2D eigenvalue weighted by Gasteiger charge is 2.42. The summed E-state index contributed by atoms with van der Waals surface area (Å²) in [5.41, 5.74) is -0.799. The van der Waals surface area contributed by atoms with Crippen LogP contribution < -0.4 is 5.32 Å². The highest BCUT2D eigenvalue weighted by molar-refractivity contribution is 5.94. The number of ether oxygens (including phenoxy) is 3. The molecule has 0 spiro atoms. The molecule has 0 aliphatic carbocycles. The Morgan fingerprint density at radius 1 is 1.22 bits per heavy atom. The standard InChI is InChI=1S/C19H26N2O6/c1-4-26-12-16(10-19(25-3,18(23)24)13-27-5-2)21-17(22)15-8-6-14(11-20)7-9-15/h6-9,16H,4-5,10,12-13H2,1-3H3,(H,21,22)(H,23,24)/t16-,19+/m0/s1. The summed E-state index contributed by atoms with van der Waals surface area (Å²) in [5.74, 6) is -1.57. The van der Waals surface area contributed by atoms with Crippen molar-refractivity contribution in [3.63, 3.8) is 0 Å².